The summed E-state index contributed by atoms with van der Waals surface area (Å²) >= 11 is 0. The van der Waals surface area contributed by atoms with Gasteiger partial charge in [-0.15, -0.1) is 49.7 Å². The molecule has 234 valence electrons. The molecule has 0 N–H and O–H groups in total. The summed E-state index contributed by atoms with van der Waals surface area (Å²) in [5.41, 5.74) is 5.54. The molecular formula is C40H28N6OPt. The van der Waals surface area contributed by atoms with Crippen LogP contribution < -0.4 is 24.6 Å². The number of anilines is 4. The van der Waals surface area contributed by atoms with Crippen LogP contribution >= 0.6 is 0 Å². The Bertz CT molecular complexity index is 1890. The third kappa shape index (κ3) is 6.46. The van der Waals surface area contributed by atoms with Crippen molar-refractivity contribution in [3.8, 4) is 11.5 Å². The second-order valence-electron chi connectivity index (χ2n) is 10.8. The normalized spacial score (nSPS) is 14.0. The number of para-hydroxylation sites is 2. The average Bonchev–Trinajstić information content (AvgIpc) is 3.80. The minimum Gasteiger partial charge on any atom is -0.509 e. The molecule has 2 heterocycles. The van der Waals surface area contributed by atoms with Gasteiger partial charge in [0, 0.05) is 34.0 Å². The Morgan fingerprint density at radius 1 is 0.438 bits per heavy atom. The fourth-order valence-electron chi connectivity index (χ4n) is 5.41. The van der Waals surface area contributed by atoms with E-state index in [1.807, 2.05) is 133 Å². The van der Waals surface area contributed by atoms with Crippen LogP contribution in [0.2, 0.25) is 0 Å². The fraction of sp³-hybridized carbons (Fsp3) is 0. The topological polar surface area (TPSA) is 46.9 Å². The van der Waals surface area contributed by atoms with Gasteiger partial charge in [-0.2, -0.15) is 22.3 Å². The molecule has 0 fully saturated rings. The van der Waals surface area contributed by atoms with Crippen LogP contribution in [-0.4, -0.2) is 11.7 Å². The number of amidine groups is 2. The number of hydrogen-bond donors (Lipinski definition) is 0. The molecule has 8 heteroatoms. The van der Waals surface area contributed by atoms with E-state index >= 15 is 0 Å². The number of hydrogen-bond acceptors (Lipinski definition) is 7. The Kier molecular flexibility index (Phi) is 9.03. The SMILES string of the molecule is [Pt+4].[c-]1c(Oc2[c-]c(N3[CH-]N(c4ccccc4)C(c4ccccc4)=N3)ccc2)cccc1N1[CH-]N(c2ccccc2)C(c2ccccc2)=N1. The first-order chi connectivity index (χ1) is 23.3. The van der Waals surface area contributed by atoms with E-state index in [2.05, 4.69) is 70.5 Å². The molecule has 0 unspecified atom stereocenters. The van der Waals surface area contributed by atoms with E-state index in [4.69, 9.17) is 14.9 Å². The van der Waals surface area contributed by atoms with Gasteiger partial charge in [0.15, 0.2) is 0 Å². The summed E-state index contributed by atoms with van der Waals surface area (Å²) in [5.74, 6) is 2.73. The van der Waals surface area contributed by atoms with Crippen LogP contribution in [-0.2, 0) is 21.1 Å². The summed E-state index contributed by atoms with van der Waals surface area (Å²) in [7, 11) is 0. The molecule has 0 aromatic heterocycles. The minimum absolute atomic E-state index is 0. The van der Waals surface area contributed by atoms with Crippen molar-refractivity contribution in [2.45, 2.75) is 0 Å². The number of benzene rings is 6. The maximum Gasteiger partial charge on any atom is 4.00 e. The van der Waals surface area contributed by atoms with Crippen molar-refractivity contribution in [1.29, 1.82) is 0 Å². The molecule has 0 saturated carbocycles. The quantitative estimate of drug-likeness (QED) is 0.144. The van der Waals surface area contributed by atoms with E-state index in [1.54, 1.807) is 0 Å². The van der Waals surface area contributed by atoms with Crippen molar-refractivity contribution in [3.63, 3.8) is 0 Å². The molecule has 6 aromatic carbocycles. The molecule has 0 saturated heterocycles. The van der Waals surface area contributed by atoms with Gasteiger partial charge in [0.05, 0.1) is 0 Å². The summed E-state index contributed by atoms with van der Waals surface area (Å²) in [6, 6.07) is 59.0. The number of nitrogens with zero attached hydrogens (tertiary/aromatic N) is 6. The van der Waals surface area contributed by atoms with Gasteiger partial charge in [-0.05, 0) is 24.3 Å². The van der Waals surface area contributed by atoms with Gasteiger partial charge >= 0.3 is 21.1 Å². The number of hydrazone groups is 2. The molecule has 0 spiro atoms. The Morgan fingerprint density at radius 2 is 0.812 bits per heavy atom. The molecule has 0 atom stereocenters. The minimum atomic E-state index is 0. The van der Waals surface area contributed by atoms with Gasteiger partial charge < -0.3 is 24.6 Å². The Balaban J connectivity index is 0.00000364. The third-order valence-corrected chi connectivity index (χ3v) is 7.66. The molecule has 0 aliphatic carbocycles. The molecule has 8 rings (SSSR count). The molecule has 7 nitrogen and oxygen atoms in total. The predicted molar refractivity (Wildman–Crippen MR) is 188 cm³/mol. The zero-order valence-corrected chi connectivity index (χ0v) is 27.8. The first-order valence-corrected chi connectivity index (χ1v) is 15.3. The van der Waals surface area contributed by atoms with Gasteiger partial charge in [0.1, 0.15) is 11.7 Å². The van der Waals surface area contributed by atoms with Crippen LogP contribution in [0.15, 0.2) is 168 Å². The Labute approximate surface area is 294 Å². The van der Waals surface area contributed by atoms with Crippen molar-refractivity contribution >= 4 is 34.4 Å². The second kappa shape index (κ2) is 14.0. The smallest absolute Gasteiger partial charge is 0.509 e. The van der Waals surface area contributed by atoms with E-state index in [0.29, 0.717) is 11.5 Å². The van der Waals surface area contributed by atoms with Crippen LogP contribution in [0.4, 0.5) is 22.7 Å². The molecule has 2 aliphatic heterocycles. The average molecular weight is 804 g/mol. The Morgan fingerprint density at radius 3 is 1.21 bits per heavy atom. The zero-order chi connectivity index (χ0) is 31.4. The van der Waals surface area contributed by atoms with Gasteiger partial charge in [0.25, 0.3) is 0 Å². The molecule has 6 aromatic rings. The van der Waals surface area contributed by atoms with Gasteiger partial charge in [-0.25, -0.2) is 0 Å². The van der Waals surface area contributed by atoms with Gasteiger partial charge in [-0.3, -0.25) is 0 Å². The Hall–Kier alpha value is -5.65. The van der Waals surface area contributed by atoms with Crippen LogP contribution in [0.25, 0.3) is 0 Å². The summed E-state index contributed by atoms with van der Waals surface area (Å²) in [5, 5.41) is 13.6. The maximum absolute atomic E-state index is 6.31. The first kappa shape index (κ1) is 31.0. The van der Waals surface area contributed by atoms with Crippen molar-refractivity contribution in [3.05, 3.63) is 194 Å². The van der Waals surface area contributed by atoms with Crippen molar-refractivity contribution < 1.29 is 25.8 Å². The predicted octanol–water partition coefficient (Wildman–Crippen LogP) is 8.69. The fourth-order valence-corrected chi connectivity index (χ4v) is 5.41. The maximum atomic E-state index is 6.31. The molecule has 0 amide bonds. The molecule has 2 aliphatic rings. The summed E-state index contributed by atoms with van der Waals surface area (Å²) in [4.78, 5) is 4.15. The van der Waals surface area contributed by atoms with Crippen molar-refractivity contribution in [2.24, 2.45) is 10.2 Å². The zero-order valence-electron chi connectivity index (χ0n) is 25.6. The monoisotopic (exact) mass is 803 g/mol. The van der Waals surface area contributed by atoms with E-state index in [1.165, 1.54) is 0 Å². The first-order valence-electron chi connectivity index (χ1n) is 15.3. The second-order valence-corrected chi connectivity index (χ2v) is 10.8. The number of ether oxygens (including phenoxy) is 1. The summed E-state index contributed by atoms with van der Waals surface area (Å²) in [6.07, 6.45) is 0. The van der Waals surface area contributed by atoms with Crippen molar-refractivity contribution in [1.82, 2.24) is 0 Å². The van der Waals surface area contributed by atoms with Gasteiger partial charge in [0.2, 0.25) is 0 Å². The van der Waals surface area contributed by atoms with Crippen LogP contribution in [0, 0.1) is 25.5 Å². The third-order valence-electron chi connectivity index (χ3n) is 7.66. The van der Waals surface area contributed by atoms with Crippen LogP contribution in [0.3, 0.4) is 0 Å². The largest absolute Gasteiger partial charge is 4.00 e. The summed E-state index contributed by atoms with van der Waals surface area (Å²) in [6.45, 7) is 3.92. The van der Waals surface area contributed by atoms with Crippen molar-refractivity contribution in [2.75, 3.05) is 19.8 Å². The van der Waals surface area contributed by atoms with Crippen LogP contribution in [0.1, 0.15) is 11.1 Å². The van der Waals surface area contributed by atoms with E-state index < -0.39 is 0 Å². The summed E-state index contributed by atoms with van der Waals surface area (Å²) < 4.78 is 6.31. The van der Waals surface area contributed by atoms with E-state index in [-0.39, 0.29) is 21.1 Å². The molecule has 48 heavy (non-hydrogen) atoms. The molecular weight excluding hydrogens is 776 g/mol. The molecule has 0 bridgehead atoms. The molecule has 0 radical (unpaired) electrons. The number of rotatable bonds is 8. The van der Waals surface area contributed by atoms with Crippen LogP contribution in [0.5, 0.6) is 11.5 Å². The van der Waals surface area contributed by atoms with Gasteiger partial charge in [-0.1, -0.05) is 108 Å². The van der Waals surface area contributed by atoms with E-state index in [9.17, 15) is 0 Å². The van der Waals surface area contributed by atoms with E-state index in [0.717, 1.165) is 45.5 Å². The standard InChI is InChI=1S/C40H28N6O.Pt/c1-5-15-31(16-6-1)39-41-45(29-43(39)33-19-9-3-10-20-33)35-23-13-25-37(27-35)47-38-26-14-24-36(28-38)46-30-44(34-21-11-4-12-22-34)40(42-46)32-17-7-2-8-18-32;/h1-26,29-30H;/q-4;+4.